The van der Waals surface area contributed by atoms with Crippen LogP contribution in [0.4, 0.5) is 5.69 Å². The molecule has 5 unspecified atom stereocenters. The molecule has 9 nitrogen and oxygen atoms in total. The molecule has 3 saturated heterocycles. The molecular formula is C27H33N5O4. The lowest BCUT2D eigenvalue weighted by atomic mass is 9.81. The Kier molecular flexibility index (Phi) is 7.20. The van der Waals surface area contributed by atoms with Crippen LogP contribution in [0.1, 0.15) is 39.0 Å². The van der Waals surface area contributed by atoms with Crippen molar-refractivity contribution in [2.45, 2.75) is 57.5 Å². The van der Waals surface area contributed by atoms with Gasteiger partial charge in [0.2, 0.25) is 17.7 Å². The van der Waals surface area contributed by atoms with Crippen LogP contribution < -0.4 is 26.0 Å². The highest BCUT2D eigenvalue weighted by molar-refractivity contribution is 6.00. The van der Waals surface area contributed by atoms with Crippen LogP contribution >= 0.6 is 0 Å². The molecule has 0 aromatic heterocycles. The van der Waals surface area contributed by atoms with Crippen LogP contribution in [0.25, 0.3) is 0 Å². The number of ether oxygens (including phenoxy) is 1. The molecule has 0 bridgehead atoms. The molecule has 2 aromatic carbocycles. The summed E-state index contributed by atoms with van der Waals surface area (Å²) in [6, 6.07) is 16.8. The normalized spacial score (nSPS) is 28.4. The van der Waals surface area contributed by atoms with Crippen molar-refractivity contribution in [2.75, 3.05) is 11.9 Å². The van der Waals surface area contributed by atoms with Crippen LogP contribution in [0, 0.1) is 11.8 Å². The van der Waals surface area contributed by atoms with E-state index in [1.54, 1.807) is 24.3 Å². The number of rotatable bonds is 6. The first-order chi connectivity index (χ1) is 17.5. The van der Waals surface area contributed by atoms with Gasteiger partial charge in [-0.15, -0.1) is 0 Å². The van der Waals surface area contributed by atoms with Gasteiger partial charge in [0, 0.05) is 24.7 Å². The smallest absolute Gasteiger partial charge is 0.229 e. The van der Waals surface area contributed by atoms with Gasteiger partial charge in [-0.25, -0.2) is 0 Å². The van der Waals surface area contributed by atoms with Gasteiger partial charge in [-0.3, -0.25) is 24.6 Å². The van der Waals surface area contributed by atoms with Gasteiger partial charge < -0.3 is 20.7 Å². The lowest BCUT2D eigenvalue weighted by molar-refractivity contribution is -0.148. The monoisotopic (exact) mass is 491 g/mol. The van der Waals surface area contributed by atoms with E-state index in [4.69, 9.17) is 4.74 Å². The first-order valence-electron chi connectivity index (χ1n) is 12.8. The maximum atomic E-state index is 13.2. The number of benzene rings is 2. The van der Waals surface area contributed by atoms with Crippen LogP contribution in [0.15, 0.2) is 54.6 Å². The summed E-state index contributed by atoms with van der Waals surface area (Å²) in [6.45, 7) is 3.04. The van der Waals surface area contributed by atoms with Crippen LogP contribution in [0.3, 0.4) is 0 Å². The van der Waals surface area contributed by atoms with Crippen molar-refractivity contribution in [3.63, 3.8) is 0 Å². The number of carbonyl (C=O) groups is 3. The summed E-state index contributed by atoms with van der Waals surface area (Å²) < 4.78 is 5.80. The minimum atomic E-state index is -0.777. The lowest BCUT2D eigenvalue weighted by Gasteiger charge is -2.49. The molecule has 2 aromatic rings. The molecule has 36 heavy (non-hydrogen) atoms. The number of nitrogens with zero attached hydrogens (tertiary/aromatic N) is 1. The van der Waals surface area contributed by atoms with Crippen molar-refractivity contribution in [3.05, 3.63) is 54.6 Å². The maximum Gasteiger partial charge on any atom is 0.229 e. The molecule has 3 amide bonds. The Balaban J connectivity index is 1.25. The quantitative estimate of drug-likeness (QED) is 0.495. The van der Waals surface area contributed by atoms with Gasteiger partial charge in [0.15, 0.2) is 0 Å². The standard InChI is InChI=1S/C27H33N5O4/c1-2-18-8-6-7-15-32(18)27-30-24-23(26(35)31-27)21(16-22(33)29-24)25(34)28-17-11-13-20(14-12-17)36-19-9-4-3-5-10-19/h3-5,9-14,18,21,23-24,27,30H,2,6-8,15-16H2,1H3,(H,28,34)(H,29,33)(H,31,35). The van der Waals surface area contributed by atoms with Gasteiger partial charge in [-0.05, 0) is 55.7 Å². The Labute approximate surface area is 211 Å². The summed E-state index contributed by atoms with van der Waals surface area (Å²) in [6.07, 6.45) is 3.35. The van der Waals surface area contributed by atoms with Crippen LogP contribution in [0.2, 0.25) is 0 Å². The van der Waals surface area contributed by atoms with E-state index in [0.29, 0.717) is 17.5 Å². The number of amides is 3. The van der Waals surface area contributed by atoms with Gasteiger partial charge in [0.25, 0.3) is 0 Å². The molecule has 190 valence electrons. The molecule has 3 heterocycles. The van der Waals surface area contributed by atoms with Crippen molar-refractivity contribution in [3.8, 4) is 11.5 Å². The largest absolute Gasteiger partial charge is 0.457 e. The summed E-state index contributed by atoms with van der Waals surface area (Å²) in [5.41, 5.74) is 0.573. The second kappa shape index (κ2) is 10.7. The molecular weight excluding hydrogens is 458 g/mol. The van der Waals surface area contributed by atoms with Gasteiger partial charge >= 0.3 is 0 Å². The summed E-state index contributed by atoms with van der Waals surface area (Å²) in [5, 5.41) is 12.2. The fourth-order valence-electron chi connectivity index (χ4n) is 5.50. The molecule has 0 radical (unpaired) electrons. The van der Waals surface area contributed by atoms with E-state index in [-0.39, 0.29) is 30.4 Å². The number of hydrogen-bond acceptors (Lipinski definition) is 6. The van der Waals surface area contributed by atoms with Crippen molar-refractivity contribution in [1.82, 2.24) is 20.9 Å². The maximum absolute atomic E-state index is 13.2. The lowest BCUT2D eigenvalue weighted by Crippen LogP contribution is -2.75. The topological polar surface area (TPSA) is 112 Å². The number of nitrogens with one attached hydrogen (secondary N) is 4. The van der Waals surface area contributed by atoms with E-state index >= 15 is 0 Å². The summed E-state index contributed by atoms with van der Waals surface area (Å²) in [5.74, 6) is -0.911. The van der Waals surface area contributed by atoms with Crippen LogP contribution in [0.5, 0.6) is 11.5 Å². The molecule has 0 aliphatic carbocycles. The molecule has 3 aliphatic rings. The second-order valence-electron chi connectivity index (χ2n) is 9.68. The molecule has 0 spiro atoms. The summed E-state index contributed by atoms with van der Waals surface area (Å²) >= 11 is 0. The van der Waals surface area contributed by atoms with E-state index in [0.717, 1.165) is 31.6 Å². The molecule has 5 rings (SSSR count). The number of hydrogen-bond donors (Lipinski definition) is 4. The number of likely N-dealkylation sites (tertiary alicyclic amines) is 1. The Hall–Kier alpha value is -3.43. The summed E-state index contributed by atoms with van der Waals surface area (Å²) in [4.78, 5) is 41.3. The minimum Gasteiger partial charge on any atom is -0.457 e. The fraction of sp³-hybridized carbons (Fsp3) is 0.444. The minimum absolute atomic E-state index is 0.0384. The van der Waals surface area contributed by atoms with Gasteiger partial charge in [0.1, 0.15) is 17.8 Å². The SMILES string of the molecule is CCC1CCCCN1C1NC(=O)C2C(NC(=O)CC2C(=O)Nc2ccc(Oc3ccccc3)cc2)N1. The third-order valence-corrected chi connectivity index (χ3v) is 7.35. The second-order valence-corrected chi connectivity index (χ2v) is 9.68. The predicted molar refractivity (Wildman–Crippen MR) is 135 cm³/mol. The van der Waals surface area contributed by atoms with Crippen molar-refractivity contribution >= 4 is 23.4 Å². The van der Waals surface area contributed by atoms with Crippen molar-refractivity contribution < 1.29 is 19.1 Å². The highest BCUT2D eigenvalue weighted by Gasteiger charge is 2.49. The van der Waals surface area contributed by atoms with Gasteiger partial charge in [0.05, 0.1) is 18.0 Å². The van der Waals surface area contributed by atoms with E-state index in [9.17, 15) is 14.4 Å². The van der Waals surface area contributed by atoms with E-state index in [2.05, 4.69) is 33.1 Å². The first kappa shape index (κ1) is 24.3. The number of para-hydroxylation sites is 1. The third-order valence-electron chi connectivity index (χ3n) is 7.35. The van der Waals surface area contributed by atoms with Crippen LogP contribution in [-0.4, -0.2) is 47.7 Å². The number of carbonyl (C=O) groups excluding carboxylic acids is 3. The highest BCUT2D eigenvalue weighted by atomic mass is 16.5. The zero-order valence-electron chi connectivity index (χ0n) is 20.4. The van der Waals surface area contributed by atoms with Crippen molar-refractivity contribution in [1.29, 1.82) is 0 Å². The number of fused-ring (bicyclic) bond motifs is 1. The fourth-order valence-corrected chi connectivity index (χ4v) is 5.50. The Morgan fingerprint density at radius 1 is 1.03 bits per heavy atom. The summed E-state index contributed by atoms with van der Waals surface area (Å²) in [7, 11) is 0. The third kappa shape index (κ3) is 5.22. The van der Waals surface area contributed by atoms with E-state index < -0.39 is 18.0 Å². The van der Waals surface area contributed by atoms with E-state index in [1.807, 2.05) is 30.3 Å². The Morgan fingerprint density at radius 2 is 1.78 bits per heavy atom. The molecule has 5 atom stereocenters. The number of anilines is 1. The average Bonchev–Trinajstić information content (AvgIpc) is 2.89. The first-order valence-corrected chi connectivity index (χ1v) is 12.8. The van der Waals surface area contributed by atoms with Crippen LogP contribution in [-0.2, 0) is 14.4 Å². The average molecular weight is 492 g/mol. The molecule has 0 saturated carbocycles. The zero-order valence-corrected chi connectivity index (χ0v) is 20.4. The predicted octanol–water partition coefficient (Wildman–Crippen LogP) is 2.76. The zero-order chi connectivity index (χ0) is 25.1. The molecule has 3 aliphatic heterocycles. The number of piperidine rings is 2. The Bertz CT molecular complexity index is 1090. The van der Waals surface area contributed by atoms with Gasteiger partial charge in [-0.1, -0.05) is 31.5 Å². The van der Waals surface area contributed by atoms with E-state index in [1.165, 1.54) is 6.42 Å². The van der Waals surface area contributed by atoms with Gasteiger partial charge in [-0.2, -0.15) is 0 Å². The molecule has 4 N–H and O–H groups in total. The molecule has 9 heteroatoms. The highest BCUT2D eigenvalue weighted by Crippen LogP contribution is 2.30. The molecule has 3 fully saturated rings. The Morgan fingerprint density at radius 3 is 2.53 bits per heavy atom. The van der Waals surface area contributed by atoms with Crippen molar-refractivity contribution in [2.24, 2.45) is 11.8 Å².